The van der Waals surface area contributed by atoms with Crippen molar-refractivity contribution in [1.29, 1.82) is 0 Å². The zero-order valence-electron chi connectivity index (χ0n) is 13.3. The van der Waals surface area contributed by atoms with Gasteiger partial charge in [0.05, 0.1) is 11.5 Å². The summed E-state index contributed by atoms with van der Waals surface area (Å²) in [6.45, 7) is 16.0. The molecule has 0 spiro atoms. The van der Waals surface area contributed by atoms with E-state index in [4.69, 9.17) is 9.47 Å². The summed E-state index contributed by atoms with van der Waals surface area (Å²) < 4.78 is 11.2. The molecule has 18 heavy (non-hydrogen) atoms. The summed E-state index contributed by atoms with van der Waals surface area (Å²) in [5.74, 6) is -0.181. The Morgan fingerprint density at radius 3 is 1.94 bits per heavy atom. The van der Waals surface area contributed by atoms with Crippen LogP contribution in [0.4, 0.5) is 0 Å². The molecule has 0 amide bonds. The van der Waals surface area contributed by atoms with E-state index in [-0.39, 0.29) is 17.5 Å². The number of esters is 1. The molecule has 0 radical (unpaired) electrons. The second-order valence-electron chi connectivity index (χ2n) is 7.02. The Balaban J connectivity index is 4.64. The Labute approximate surface area is 112 Å². The molecule has 0 saturated carbocycles. The monoisotopic (exact) mass is 258 g/mol. The second-order valence-corrected chi connectivity index (χ2v) is 7.02. The lowest BCUT2D eigenvalue weighted by atomic mass is 9.90. The molecule has 3 nitrogen and oxygen atoms in total. The average Bonchev–Trinajstić information content (AvgIpc) is 2.13. The second kappa shape index (κ2) is 6.55. The van der Waals surface area contributed by atoms with E-state index < -0.39 is 11.7 Å². The van der Waals surface area contributed by atoms with Crippen molar-refractivity contribution in [2.75, 3.05) is 0 Å². The maximum absolute atomic E-state index is 12.1. The third-order valence-corrected chi connectivity index (χ3v) is 2.88. The number of carbonyl (C=O) groups excluding carboxylic acids is 1. The van der Waals surface area contributed by atoms with Crippen LogP contribution in [-0.2, 0) is 14.3 Å². The standard InChI is InChI=1S/C15H30O3/c1-9-15(7,8)13(16)18-12(17-11(2)3)10-14(4,5)6/h11-12H,9-10H2,1-8H3. The van der Waals surface area contributed by atoms with E-state index in [1.165, 1.54) is 0 Å². The summed E-state index contributed by atoms with van der Waals surface area (Å²) in [5.41, 5.74) is -0.382. The predicted molar refractivity (Wildman–Crippen MR) is 74.2 cm³/mol. The van der Waals surface area contributed by atoms with Crippen molar-refractivity contribution in [2.24, 2.45) is 10.8 Å². The normalized spacial score (nSPS) is 14.7. The number of carbonyl (C=O) groups is 1. The number of hydrogen-bond acceptors (Lipinski definition) is 3. The van der Waals surface area contributed by atoms with Crippen molar-refractivity contribution in [3.63, 3.8) is 0 Å². The van der Waals surface area contributed by atoms with E-state index in [0.29, 0.717) is 6.42 Å². The zero-order valence-corrected chi connectivity index (χ0v) is 13.3. The highest BCUT2D eigenvalue weighted by atomic mass is 16.7. The van der Waals surface area contributed by atoms with Gasteiger partial charge in [-0.1, -0.05) is 27.7 Å². The fourth-order valence-corrected chi connectivity index (χ4v) is 1.34. The molecule has 0 fully saturated rings. The first-order chi connectivity index (χ1) is 7.98. The van der Waals surface area contributed by atoms with Crippen LogP contribution in [0.3, 0.4) is 0 Å². The lowest BCUT2D eigenvalue weighted by Gasteiger charge is -2.30. The van der Waals surface area contributed by atoms with Gasteiger partial charge in [-0.2, -0.15) is 0 Å². The minimum Gasteiger partial charge on any atom is -0.435 e. The van der Waals surface area contributed by atoms with Gasteiger partial charge in [0, 0.05) is 6.42 Å². The van der Waals surface area contributed by atoms with Crippen molar-refractivity contribution in [2.45, 2.75) is 80.6 Å². The molecule has 0 saturated heterocycles. The van der Waals surface area contributed by atoms with E-state index >= 15 is 0 Å². The fraction of sp³-hybridized carbons (Fsp3) is 0.933. The van der Waals surface area contributed by atoms with E-state index in [0.717, 1.165) is 6.42 Å². The predicted octanol–water partition coefficient (Wildman–Crippen LogP) is 4.15. The largest absolute Gasteiger partial charge is 0.435 e. The molecule has 3 heteroatoms. The molecular formula is C15H30O3. The topological polar surface area (TPSA) is 35.5 Å². The van der Waals surface area contributed by atoms with Gasteiger partial charge in [-0.15, -0.1) is 0 Å². The molecule has 0 aliphatic rings. The molecule has 0 bridgehead atoms. The molecule has 0 aromatic carbocycles. The quantitative estimate of drug-likeness (QED) is 0.530. The molecular weight excluding hydrogens is 228 g/mol. The third kappa shape index (κ3) is 7.00. The average molecular weight is 258 g/mol. The lowest BCUT2D eigenvalue weighted by Crippen LogP contribution is -2.34. The fourth-order valence-electron chi connectivity index (χ4n) is 1.34. The summed E-state index contributed by atoms with van der Waals surface area (Å²) in [5, 5.41) is 0. The first-order valence-corrected chi connectivity index (χ1v) is 6.84. The minimum atomic E-state index is -0.455. The Morgan fingerprint density at radius 2 is 1.61 bits per heavy atom. The lowest BCUT2D eigenvalue weighted by molar-refractivity contribution is -0.201. The van der Waals surface area contributed by atoms with Crippen molar-refractivity contribution in [3.8, 4) is 0 Å². The highest BCUT2D eigenvalue weighted by Gasteiger charge is 2.31. The smallest absolute Gasteiger partial charge is 0.313 e. The minimum absolute atomic E-state index is 0.0508. The molecule has 0 aliphatic heterocycles. The Bertz CT molecular complexity index is 261. The van der Waals surface area contributed by atoms with Crippen LogP contribution >= 0.6 is 0 Å². The number of rotatable bonds is 6. The van der Waals surface area contributed by atoms with Crippen LogP contribution in [-0.4, -0.2) is 18.4 Å². The molecule has 0 N–H and O–H groups in total. The van der Waals surface area contributed by atoms with E-state index in [9.17, 15) is 4.79 Å². The van der Waals surface area contributed by atoms with Gasteiger partial charge in [-0.3, -0.25) is 4.79 Å². The van der Waals surface area contributed by atoms with Crippen LogP contribution in [0.5, 0.6) is 0 Å². The molecule has 1 unspecified atom stereocenters. The molecule has 0 aliphatic carbocycles. The van der Waals surface area contributed by atoms with Crippen LogP contribution in [0.15, 0.2) is 0 Å². The summed E-state index contributed by atoms with van der Waals surface area (Å²) in [6, 6.07) is 0. The van der Waals surface area contributed by atoms with Gasteiger partial charge in [0.1, 0.15) is 0 Å². The third-order valence-electron chi connectivity index (χ3n) is 2.88. The van der Waals surface area contributed by atoms with Gasteiger partial charge < -0.3 is 9.47 Å². The van der Waals surface area contributed by atoms with Crippen LogP contribution in [0.25, 0.3) is 0 Å². The molecule has 0 aromatic rings. The van der Waals surface area contributed by atoms with Crippen LogP contribution in [0.1, 0.15) is 68.2 Å². The highest BCUT2D eigenvalue weighted by molar-refractivity contribution is 5.75. The number of hydrogen-bond donors (Lipinski definition) is 0. The molecule has 108 valence electrons. The van der Waals surface area contributed by atoms with Gasteiger partial charge >= 0.3 is 5.97 Å². The first-order valence-electron chi connectivity index (χ1n) is 6.84. The van der Waals surface area contributed by atoms with Gasteiger partial charge in [0.2, 0.25) is 6.29 Å². The van der Waals surface area contributed by atoms with E-state index in [2.05, 4.69) is 20.8 Å². The van der Waals surface area contributed by atoms with Gasteiger partial charge in [-0.25, -0.2) is 0 Å². The van der Waals surface area contributed by atoms with Crippen molar-refractivity contribution >= 4 is 5.97 Å². The van der Waals surface area contributed by atoms with Gasteiger partial charge in [-0.05, 0) is 39.5 Å². The summed E-state index contributed by atoms with van der Waals surface area (Å²) >= 11 is 0. The molecule has 1 atom stereocenters. The summed E-state index contributed by atoms with van der Waals surface area (Å²) in [7, 11) is 0. The Kier molecular flexibility index (Phi) is 6.35. The van der Waals surface area contributed by atoms with E-state index in [1.807, 2.05) is 34.6 Å². The SMILES string of the molecule is CCC(C)(C)C(=O)OC(CC(C)(C)C)OC(C)C. The maximum Gasteiger partial charge on any atom is 0.313 e. The zero-order chi connectivity index (χ0) is 14.6. The van der Waals surface area contributed by atoms with Gasteiger partial charge in [0.25, 0.3) is 0 Å². The Morgan fingerprint density at radius 1 is 1.11 bits per heavy atom. The van der Waals surface area contributed by atoms with Crippen LogP contribution < -0.4 is 0 Å². The van der Waals surface area contributed by atoms with Gasteiger partial charge in [0.15, 0.2) is 0 Å². The van der Waals surface area contributed by atoms with Crippen LogP contribution in [0.2, 0.25) is 0 Å². The summed E-state index contributed by atoms with van der Waals surface area (Å²) in [6.07, 6.45) is 1.06. The molecule has 0 rings (SSSR count). The van der Waals surface area contributed by atoms with Crippen molar-refractivity contribution in [1.82, 2.24) is 0 Å². The highest BCUT2D eigenvalue weighted by Crippen LogP contribution is 2.27. The first kappa shape index (κ1) is 17.4. The number of ether oxygens (including phenoxy) is 2. The Hall–Kier alpha value is -0.570. The van der Waals surface area contributed by atoms with E-state index in [1.54, 1.807) is 0 Å². The molecule has 0 heterocycles. The van der Waals surface area contributed by atoms with Crippen molar-refractivity contribution < 1.29 is 14.3 Å². The maximum atomic E-state index is 12.1. The summed E-state index contributed by atoms with van der Waals surface area (Å²) in [4.78, 5) is 12.1. The molecule has 0 aromatic heterocycles. The van der Waals surface area contributed by atoms with Crippen molar-refractivity contribution in [3.05, 3.63) is 0 Å². The van der Waals surface area contributed by atoms with Crippen LogP contribution in [0, 0.1) is 10.8 Å².